The van der Waals surface area contributed by atoms with Crippen molar-refractivity contribution in [3.8, 4) is 0 Å². The van der Waals surface area contributed by atoms with Gasteiger partial charge in [0.25, 0.3) is 0 Å². The summed E-state index contributed by atoms with van der Waals surface area (Å²) in [5.41, 5.74) is 0.447. The fourth-order valence-corrected chi connectivity index (χ4v) is 9.82. The Morgan fingerprint density at radius 1 is 1.06 bits per heavy atom. The number of piperidine rings is 1. The third-order valence-electron chi connectivity index (χ3n) is 11.8. The highest BCUT2D eigenvalue weighted by atomic mass is 16.4. The van der Waals surface area contributed by atoms with Crippen LogP contribution in [-0.2, 0) is 9.59 Å². The van der Waals surface area contributed by atoms with Gasteiger partial charge in [-0.25, -0.2) is 0 Å². The number of carbonyl (C=O) groups excluding carboxylic acids is 1. The Morgan fingerprint density at radius 2 is 1.75 bits per heavy atom. The van der Waals surface area contributed by atoms with Gasteiger partial charge in [0.1, 0.15) is 0 Å². The molecule has 0 aromatic carbocycles. The highest BCUT2D eigenvalue weighted by molar-refractivity contribution is 5.82. The Morgan fingerprint density at radius 3 is 2.39 bits per heavy atom. The lowest BCUT2D eigenvalue weighted by Gasteiger charge is -2.63. The second kappa shape index (κ2) is 10.6. The summed E-state index contributed by atoms with van der Waals surface area (Å²) in [5, 5.41) is 23.9. The molecule has 1 heterocycles. The van der Waals surface area contributed by atoms with E-state index < -0.39 is 5.97 Å². The molecule has 1 aliphatic heterocycles. The number of fused-ring (bicyclic) bond motifs is 5. The molecule has 10 atom stereocenters. The summed E-state index contributed by atoms with van der Waals surface area (Å²) in [6.45, 7) is 13.1. The highest BCUT2D eigenvalue weighted by Gasteiger charge is 2.63. The highest BCUT2D eigenvalue weighted by Crippen LogP contribution is 2.67. The molecule has 0 bridgehead atoms. The molecule has 0 aromatic rings. The van der Waals surface area contributed by atoms with Crippen molar-refractivity contribution in [3.05, 3.63) is 0 Å². The van der Waals surface area contributed by atoms with Gasteiger partial charge >= 0.3 is 5.97 Å². The summed E-state index contributed by atoms with van der Waals surface area (Å²) in [7, 11) is 1.88. The number of likely N-dealkylation sites (N-methyl/N-ethyl adjacent to an activating group) is 1. The number of aliphatic carboxylic acids is 1. The van der Waals surface area contributed by atoms with Crippen molar-refractivity contribution < 1.29 is 19.8 Å². The number of carboxylic acid groups (broad SMARTS) is 1. The monoisotopic (exact) mass is 504 g/mol. The average molecular weight is 505 g/mol. The summed E-state index contributed by atoms with van der Waals surface area (Å²) in [5.74, 6) is 2.78. The number of likely N-dealkylation sites (tertiary alicyclic amines) is 1. The van der Waals surface area contributed by atoms with Gasteiger partial charge in [-0.1, -0.05) is 34.6 Å². The van der Waals surface area contributed by atoms with E-state index in [9.17, 15) is 14.7 Å². The van der Waals surface area contributed by atoms with Crippen molar-refractivity contribution in [2.24, 2.45) is 52.3 Å². The number of hydrogen-bond donors (Lipinski definition) is 3. The van der Waals surface area contributed by atoms with Crippen molar-refractivity contribution in [3.63, 3.8) is 0 Å². The first-order valence-corrected chi connectivity index (χ1v) is 14.8. The van der Waals surface area contributed by atoms with Gasteiger partial charge in [0, 0.05) is 19.5 Å². The first kappa shape index (κ1) is 27.9. The van der Waals surface area contributed by atoms with Crippen LogP contribution >= 0.6 is 0 Å². The lowest BCUT2D eigenvalue weighted by atomic mass is 9.44. The van der Waals surface area contributed by atoms with Crippen LogP contribution in [0.5, 0.6) is 0 Å². The Labute approximate surface area is 219 Å². The number of carboxylic acids is 1. The number of aliphatic hydroxyl groups is 1. The van der Waals surface area contributed by atoms with Crippen LogP contribution in [0, 0.1) is 52.3 Å². The number of aliphatic hydroxyl groups excluding tert-OH is 1. The molecule has 4 fully saturated rings. The van der Waals surface area contributed by atoms with Crippen LogP contribution in [-0.4, -0.2) is 59.3 Å². The third kappa shape index (κ3) is 4.74. The lowest BCUT2D eigenvalue weighted by molar-refractivity contribution is -0.176. The maximum atomic E-state index is 13.3. The molecule has 4 rings (SSSR count). The predicted octanol–water partition coefficient (Wildman–Crippen LogP) is 4.80. The Kier molecular flexibility index (Phi) is 8.17. The van der Waals surface area contributed by atoms with Crippen LogP contribution in [0.2, 0.25) is 0 Å². The van der Waals surface area contributed by atoms with E-state index in [-0.39, 0.29) is 41.2 Å². The smallest absolute Gasteiger partial charge is 0.303 e. The second-order valence-electron chi connectivity index (χ2n) is 13.8. The first-order chi connectivity index (χ1) is 16.9. The number of hydrogen-bond acceptors (Lipinski definition) is 4. The average Bonchev–Trinajstić information content (AvgIpc) is 3.16. The Bertz CT molecular complexity index is 817. The van der Waals surface area contributed by atoms with Crippen molar-refractivity contribution in [2.45, 2.75) is 105 Å². The maximum absolute atomic E-state index is 13.3. The van der Waals surface area contributed by atoms with Crippen molar-refractivity contribution >= 4 is 11.9 Å². The molecule has 0 spiro atoms. The van der Waals surface area contributed by atoms with E-state index in [0.717, 1.165) is 38.8 Å². The predicted molar refractivity (Wildman–Crippen MR) is 142 cm³/mol. The van der Waals surface area contributed by atoms with Gasteiger partial charge in [-0.2, -0.15) is 0 Å². The summed E-state index contributed by atoms with van der Waals surface area (Å²) in [4.78, 5) is 26.4. The van der Waals surface area contributed by atoms with Crippen LogP contribution < -0.4 is 5.32 Å². The van der Waals surface area contributed by atoms with Crippen molar-refractivity contribution in [2.75, 3.05) is 20.1 Å². The third-order valence-corrected chi connectivity index (χ3v) is 11.8. The molecular weight excluding hydrogens is 452 g/mol. The summed E-state index contributed by atoms with van der Waals surface area (Å²) >= 11 is 0. The minimum absolute atomic E-state index is 0.140. The molecule has 1 saturated heterocycles. The molecule has 4 aliphatic rings. The topological polar surface area (TPSA) is 89.9 Å². The molecule has 0 radical (unpaired) electrons. The van der Waals surface area contributed by atoms with Crippen LogP contribution in [0.15, 0.2) is 0 Å². The Balaban J connectivity index is 1.48. The van der Waals surface area contributed by atoms with Crippen molar-refractivity contribution in [1.29, 1.82) is 0 Å². The zero-order valence-corrected chi connectivity index (χ0v) is 23.6. The fourth-order valence-electron chi connectivity index (χ4n) is 9.82. The molecule has 206 valence electrons. The van der Waals surface area contributed by atoms with E-state index in [1.807, 2.05) is 7.05 Å². The quantitative estimate of drug-likeness (QED) is 0.442. The van der Waals surface area contributed by atoms with E-state index in [1.165, 1.54) is 25.7 Å². The van der Waals surface area contributed by atoms with E-state index in [2.05, 4.69) is 44.8 Å². The van der Waals surface area contributed by atoms with Crippen LogP contribution in [0.25, 0.3) is 0 Å². The first-order valence-electron chi connectivity index (χ1n) is 14.8. The number of nitrogens with one attached hydrogen (secondary N) is 1. The number of carbonyl (C=O) groups is 2. The molecule has 6 heteroatoms. The minimum Gasteiger partial charge on any atom is -0.481 e. The molecule has 3 N–H and O–H groups in total. The second-order valence-corrected chi connectivity index (χ2v) is 13.8. The van der Waals surface area contributed by atoms with E-state index in [4.69, 9.17) is 5.11 Å². The van der Waals surface area contributed by atoms with Gasteiger partial charge in [-0.3, -0.25) is 9.59 Å². The molecule has 0 unspecified atom stereocenters. The summed E-state index contributed by atoms with van der Waals surface area (Å²) < 4.78 is 0. The molecular formula is C30H52N2O4. The van der Waals surface area contributed by atoms with Crippen LogP contribution in [0.4, 0.5) is 0 Å². The number of rotatable bonds is 8. The zero-order chi connectivity index (χ0) is 26.4. The van der Waals surface area contributed by atoms with Gasteiger partial charge in [0.15, 0.2) is 0 Å². The fraction of sp³-hybridized carbons (Fsp3) is 0.933. The van der Waals surface area contributed by atoms with Crippen molar-refractivity contribution in [1.82, 2.24) is 10.2 Å². The van der Waals surface area contributed by atoms with Gasteiger partial charge < -0.3 is 20.4 Å². The summed E-state index contributed by atoms with van der Waals surface area (Å²) in [6.07, 6.45) is 8.43. The van der Waals surface area contributed by atoms with E-state index in [1.54, 1.807) is 0 Å². The lowest BCUT2D eigenvalue weighted by Crippen LogP contribution is -2.63. The van der Waals surface area contributed by atoms with Gasteiger partial charge in [-0.05, 0) is 111 Å². The number of nitrogens with zero attached hydrogens (tertiary/aromatic N) is 1. The largest absolute Gasteiger partial charge is 0.481 e. The maximum Gasteiger partial charge on any atom is 0.303 e. The standard InChI is InChI=1S/C30H52N2O4/c1-18(2)27(31-6)28(36)32-15-14-29(4)20(17-32)16-24(33)26-22-11-10-21(19(3)8-7-9-25(34)35)30(22,5)13-12-23(26)29/h18-24,26-27,31,33H,7-17H2,1-6H3,(H,34,35)/t19-,20-,21-,22+,23+,24+,26+,27+,29+,30-/m1/s1. The van der Waals surface area contributed by atoms with Gasteiger partial charge in [-0.15, -0.1) is 0 Å². The zero-order valence-electron chi connectivity index (χ0n) is 23.6. The molecule has 1 amide bonds. The molecule has 3 saturated carbocycles. The molecule has 0 aromatic heterocycles. The Hall–Kier alpha value is -1.14. The normalized spacial score (nSPS) is 41.8. The SMILES string of the molecule is CN[C@H](C(=O)N1CC[C@@]2(C)[C@H](C[C@H](O)[C@@H]3[C@@H]2CC[C@]2(C)[C@@H]([C@H](C)CCCC(=O)O)CC[C@@H]32)C1)C(C)C. The van der Waals surface area contributed by atoms with Gasteiger partial charge in [0.05, 0.1) is 12.1 Å². The molecule has 6 nitrogen and oxygen atoms in total. The van der Waals surface area contributed by atoms with E-state index >= 15 is 0 Å². The molecule has 3 aliphatic carbocycles. The minimum atomic E-state index is -0.690. The summed E-state index contributed by atoms with van der Waals surface area (Å²) in [6, 6.07) is -0.140. The van der Waals surface area contributed by atoms with E-state index in [0.29, 0.717) is 35.5 Å². The number of amides is 1. The van der Waals surface area contributed by atoms with Crippen LogP contribution in [0.1, 0.15) is 92.4 Å². The molecule has 36 heavy (non-hydrogen) atoms. The van der Waals surface area contributed by atoms with Crippen LogP contribution in [0.3, 0.4) is 0 Å². The van der Waals surface area contributed by atoms with Gasteiger partial charge in [0.2, 0.25) is 5.91 Å².